The smallest absolute Gasteiger partial charge is 0.435 e. The largest absolute Gasteiger partial charge is 0.442 e. The average molecular weight is 558 g/mol. The van der Waals surface area contributed by atoms with Crippen LogP contribution < -0.4 is 10.4 Å². The van der Waals surface area contributed by atoms with Gasteiger partial charge in [0.05, 0.1) is 11.4 Å². The number of carbonyl (C=O) groups is 2. The van der Waals surface area contributed by atoms with Crippen molar-refractivity contribution >= 4 is 46.6 Å². The molecule has 0 radical (unpaired) electrons. The predicted molar refractivity (Wildman–Crippen MR) is 132 cm³/mol. The molecule has 1 heterocycles. The molecule has 12 heteroatoms. The Morgan fingerprint density at radius 2 is 1.76 bits per heavy atom. The summed E-state index contributed by atoms with van der Waals surface area (Å²) in [5, 5.41) is 4.73. The molecule has 2 aromatic carbocycles. The minimum Gasteiger partial charge on any atom is -0.442 e. The van der Waals surface area contributed by atoms with Gasteiger partial charge in [-0.15, -0.1) is 0 Å². The number of rotatable bonds is 4. The lowest BCUT2D eigenvalue weighted by Gasteiger charge is -2.29. The molecule has 2 amide bonds. The molecule has 7 nitrogen and oxygen atoms in total. The minimum absolute atomic E-state index is 0.0181. The van der Waals surface area contributed by atoms with E-state index in [2.05, 4.69) is 10.6 Å². The molecule has 2 aromatic rings. The Balaban J connectivity index is 1.66. The molecular weight excluding hydrogens is 534 g/mol. The summed E-state index contributed by atoms with van der Waals surface area (Å²) < 4.78 is 48.5. The first-order valence-corrected chi connectivity index (χ1v) is 12.2. The van der Waals surface area contributed by atoms with E-state index >= 15 is 0 Å². The van der Waals surface area contributed by atoms with Crippen LogP contribution in [0.2, 0.25) is 10.0 Å². The third-order valence-corrected chi connectivity index (χ3v) is 6.14. The number of hydrazine groups is 1. The highest BCUT2D eigenvalue weighted by molar-refractivity contribution is 6.34. The first-order chi connectivity index (χ1) is 17.2. The van der Waals surface area contributed by atoms with Crippen LogP contribution >= 0.6 is 23.2 Å². The van der Waals surface area contributed by atoms with Crippen molar-refractivity contribution in [3.8, 4) is 0 Å². The number of alkyl halides is 3. The predicted octanol–water partition coefficient (Wildman–Crippen LogP) is 6.76. The Morgan fingerprint density at radius 3 is 2.32 bits per heavy atom. The van der Waals surface area contributed by atoms with Gasteiger partial charge >= 0.3 is 12.3 Å². The zero-order valence-corrected chi connectivity index (χ0v) is 21.7. The van der Waals surface area contributed by atoms with Crippen molar-refractivity contribution in [2.45, 2.75) is 57.4 Å². The van der Waals surface area contributed by atoms with E-state index < -0.39 is 29.9 Å². The van der Waals surface area contributed by atoms with Crippen LogP contribution in [0.4, 0.5) is 23.7 Å². The summed E-state index contributed by atoms with van der Waals surface area (Å²) in [7, 11) is 0. The molecule has 37 heavy (non-hydrogen) atoms. The Kier molecular flexibility index (Phi) is 7.11. The topological polar surface area (TPSA) is 80.2 Å². The van der Waals surface area contributed by atoms with Crippen LogP contribution in [0.15, 0.2) is 47.6 Å². The second kappa shape index (κ2) is 9.72. The highest BCUT2D eigenvalue weighted by atomic mass is 35.5. The number of carbonyl (C=O) groups excluding carboxylic acids is 2. The molecule has 1 saturated carbocycles. The van der Waals surface area contributed by atoms with Crippen LogP contribution in [0.25, 0.3) is 0 Å². The van der Waals surface area contributed by atoms with Crippen LogP contribution in [0.1, 0.15) is 51.2 Å². The fraction of sp³-hybridized carbons (Fsp3) is 0.400. The fourth-order valence-corrected chi connectivity index (χ4v) is 4.27. The van der Waals surface area contributed by atoms with Gasteiger partial charge in [0, 0.05) is 33.5 Å². The summed E-state index contributed by atoms with van der Waals surface area (Å²) in [6, 6.07) is 9.58. The Bertz CT molecular complexity index is 1240. The van der Waals surface area contributed by atoms with E-state index in [4.69, 9.17) is 32.8 Å². The number of nitrogens with one attached hydrogen (secondary N) is 1. The average Bonchev–Trinajstić information content (AvgIpc) is 3.52. The van der Waals surface area contributed by atoms with E-state index in [1.54, 1.807) is 20.8 Å². The molecule has 2 aliphatic rings. The highest BCUT2D eigenvalue weighted by Gasteiger charge is 2.62. The first kappa shape index (κ1) is 27.1. The molecule has 0 saturated heterocycles. The summed E-state index contributed by atoms with van der Waals surface area (Å²) in [6.07, 6.45) is -4.96. The van der Waals surface area contributed by atoms with Crippen LogP contribution in [0.3, 0.4) is 0 Å². The van der Waals surface area contributed by atoms with Gasteiger partial charge in [-0.1, -0.05) is 40.5 Å². The minimum atomic E-state index is -4.86. The molecule has 0 spiro atoms. The molecule has 4 rings (SSSR count). The van der Waals surface area contributed by atoms with Crippen LogP contribution in [0.5, 0.6) is 0 Å². The van der Waals surface area contributed by atoms with E-state index in [9.17, 15) is 22.8 Å². The number of oxime groups is 1. The van der Waals surface area contributed by atoms with Gasteiger partial charge in [-0.2, -0.15) is 18.2 Å². The number of benzene rings is 2. The van der Waals surface area contributed by atoms with Gasteiger partial charge in [0.2, 0.25) is 5.91 Å². The number of ether oxygens (including phenoxy) is 1. The maximum atomic E-state index is 14.3. The van der Waals surface area contributed by atoms with Crippen molar-refractivity contribution in [1.82, 2.24) is 5.43 Å². The fourth-order valence-electron chi connectivity index (χ4n) is 3.74. The molecule has 0 aromatic heterocycles. The Hall–Kier alpha value is -2.98. The van der Waals surface area contributed by atoms with Gasteiger partial charge in [0.15, 0.2) is 0 Å². The summed E-state index contributed by atoms with van der Waals surface area (Å²) in [6.45, 7) is 5.02. The Morgan fingerprint density at radius 1 is 1.11 bits per heavy atom. The van der Waals surface area contributed by atoms with Crippen molar-refractivity contribution < 1.29 is 32.3 Å². The van der Waals surface area contributed by atoms with E-state index in [1.807, 2.05) is 0 Å². The molecule has 1 aliphatic carbocycles. The lowest BCUT2D eigenvalue weighted by molar-refractivity contribution is -0.275. The van der Waals surface area contributed by atoms with E-state index in [0.29, 0.717) is 12.8 Å². The van der Waals surface area contributed by atoms with Crippen molar-refractivity contribution in [1.29, 1.82) is 0 Å². The summed E-state index contributed by atoms with van der Waals surface area (Å²) in [5.41, 5.74) is -0.988. The van der Waals surface area contributed by atoms with E-state index in [0.717, 1.165) is 17.1 Å². The summed E-state index contributed by atoms with van der Waals surface area (Å²) in [4.78, 5) is 30.4. The summed E-state index contributed by atoms with van der Waals surface area (Å²) in [5.74, 6) is -0.565. The maximum absolute atomic E-state index is 14.3. The Labute approximate surface area is 221 Å². The van der Waals surface area contributed by atoms with Crippen molar-refractivity contribution in [2.24, 2.45) is 11.1 Å². The number of hydrogen-bond acceptors (Lipinski definition) is 5. The van der Waals surface area contributed by atoms with Gasteiger partial charge < -0.3 is 9.57 Å². The standard InChI is InChI=1S/C25H24Cl2F3N3O4/c1-23(2,3)36-22(35)33(31-21(34)14-7-8-14)19-6-4-5-15(9-19)20-13-24(37-32-20,25(28,29)30)16-10-17(26)12-18(27)11-16/h4-6,9-12,14H,7-8,13H2,1-3H3,(H,31,34). The molecule has 0 bridgehead atoms. The quantitative estimate of drug-likeness (QED) is 0.421. The van der Waals surface area contributed by atoms with Gasteiger partial charge in [-0.25, -0.2) is 4.79 Å². The lowest BCUT2D eigenvalue weighted by Crippen LogP contribution is -2.49. The van der Waals surface area contributed by atoms with E-state index in [-0.39, 0.29) is 44.4 Å². The lowest BCUT2D eigenvalue weighted by atomic mass is 9.86. The van der Waals surface area contributed by atoms with E-state index in [1.165, 1.54) is 30.3 Å². The molecule has 1 atom stereocenters. The van der Waals surface area contributed by atoms with Crippen molar-refractivity contribution in [2.75, 3.05) is 5.01 Å². The second-order valence-electron chi connectivity index (χ2n) is 9.91. The molecule has 198 valence electrons. The number of hydrogen-bond donors (Lipinski definition) is 1. The highest BCUT2D eigenvalue weighted by Crippen LogP contribution is 2.49. The number of anilines is 1. The third kappa shape index (κ3) is 5.96. The molecule has 1 fully saturated rings. The van der Waals surface area contributed by atoms with Gasteiger partial charge in [-0.05, 0) is 63.9 Å². The third-order valence-electron chi connectivity index (χ3n) is 5.70. The van der Waals surface area contributed by atoms with Crippen LogP contribution in [-0.2, 0) is 20.0 Å². The van der Waals surface area contributed by atoms with Gasteiger partial charge in [-0.3, -0.25) is 10.2 Å². The normalized spacial score (nSPS) is 19.6. The second-order valence-corrected chi connectivity index (χ2v) is 10.8. The van der Waals surface area contributed by atoms with Gasteiger partial charge in [0.25, 0.3) is 5.60 Å². The zero-order chi connectivity index (χ0) is 27.2. The molecule has 1 unspecified atom stereocenters. The number of halogens is 5. The first-order valence-electron chi connectivity index (χ1n) is 11.4. The number of nitrogens with zero attached hydrogens (tertiary/aromatic N) is 2. The SMILES string of the molecule is CC(C)(C)OC(=O)N(NC(=O)C1CC1)c1cccc(C2=NOC(c3cc(Cl)cc(Cl)c3)(C(F)(F)F)C2)c1. The van der Waals surface area contributed by atoms with Crippen molar-refractivity contribution in [3.63, 3.8) is 0 Å². The molecule has 1 N–H and O–H groups in total. The summed E-state index contributed by atoms with van der Waals surface area (Å²) >= 11 is 11.9. The van der Waals surface area contributed by atoms with Crippen LogP contribution in [-0.4, -0.2) is 29.5 Å². The number of amides is 2. The molecular formula is C25H24Cl2F3N3O4. The maximum Gasteiger partial charge on any atom is 0.435 e. The molecule has 1 aliphatic heterocycles. The monoisotopic (exact) mass is 557 g/mol. The van der Waals surface area contributed by atoms with Crippen LogP contribution in [0, 0.1) is 5.92 Å². The van der Waals surface area contributed by atoms with Gasteiger partial charge in [0.1, 0.15) is 5.60 Å². The zero-order valence-electron chi connectivity index (χ0n) is 20.2. The van der Waals surface area contributed by atoms with Crippen molar-refractivity contribution in [3.05, 3.63) is 63.6 Å².